The molecule has 12 rings (SSSR count). The van der Waals surface area contributed by atoms with Crippen LogP contribution in [0, 0.1) is 0 Å². The van der Waals surface area contributed by atoms with Gasteiger partial charge in [0, 0.05) is 27.8 Å². The summed E-state index contributed by atoms with van der Waals surface area (Å²) in [6.07, 6.45) is 0. The Bertz CT molecular complexity index is 3370. The molecule has 0 aliphatic heterocycles. The van der Waals surface area contributed by atoms with Crippen LogP contribution in [0.1, 0.15) is 22.3 Å². The van der Waals surface area contributed by atoms with Crippen molar-refractivity contribution in [2.45, 2.75) is 5.41 Å². The Balaban J connectivity index is 1.05. The first kappa shape index (κ1) is 36.6. The standard InChI is InChI=1S/C61H41NO/c1-5-17-42(18-6-1)43-29-33-48(34-30-43)62(50-37-38-60-56(39-50)52-26-14-16-28-59(52)63-60)49-35-31-45(32-36-49)54-41-58-55(40-53(54)44-19-7-2-8-20-44)51-25-13-15-27-57(51)61(58,46-21-9-3-10-22-46)47-23-11-4-12-24-47/h1-41H. The fourth-order valence-electron chi connectivity index (χ4n) is 10.1. The molecule has 1 aliphatic rings. The van der Waals surface area contributed by atoms with Gasteiger partial charge in [0.15, 0.2) is 0 Å². The van der Waals surface area contributed by atoms with Gasteiger partial charge in [0.05, 0.1) is 5.41 Å². The largest absolute Gasteiger partial charge is 0.456 e. The van der Waals surface area contributed by atoms with Crippen LogP contribution in [0.4, 0.5) is 17.1 Å². The molecule has 0 spiro atoms. The second-order valence-corrected chi connectivity index (χ2v) is 16.4. The van der Waals surface area contributed by atoms with E-state index in [1.807, 2.05) is 12.1 Å². The quantitative estimate of drug-likeness (QED) is 0.152. The van der Waals surface area contributed by atoms with Crippen molar-refractivity contribution < 1.29 is 4.42 Å². The first-order valence-electron chi connectivity index (χ1n) is 21.7. The van der Waals surface area contributed by atoms with Gasteiger partial charge in [0.2, 0.25) is 0 Å². The van der Waals surface area contributed by atoms with Crippen LogP contribution in [0.15, 0.2) is 253 Å². The highest BCUT2D eigenvalue weighted by atomic mass is 16.3. The van der Waals surface area contributed by atoms with Crippen LogP contribution >= 0.6 is 0 Å². The molecule has 0 saturated heterocycles. The van der Waals surface area contributed by atoms with Crippen LogP contribution in [0.25, 0.3) is 66.4 Å². The van der Waals surface area contributed by atoms with E-state index in [0.717, 1.165) is 44.6 Å². The predicted octanol–water partition coefficient (Wildman–Crippen LogP) is 16.4. The molecule has 1 heterocycles. The third kappa shape index (κ3) is 6.02. The normalized spacial score (nSPS) is 12.6. The minimum Gasteiger partial charge on any atom is -0.456 e. The highest BCUT2D eigenvalue weighted by molar-refractivity contribution is 6.06. The van der Waals surface area contributed by atoms with Gasteiger partial charge in [-0.3, -0.25) is 0 Å². The minimum absolute atomic E-state index is 0.503. The number of rotatable bonds is 8. The maximum absolute atomic E-state index is 6.28. The summed E-state index contributed by atoms with van der Waals surface area (Å²) in [5.74, 6) is 0. The molecule has 2 nitrogen and oxygen atoms in total. The van der Waals surface area contributed by atoms with Crippen molar-refractivity contribution in [1.29, 1.82) is 0 Å². The average Bonchev–Trinajstić information content (AvgIpc) is 3.88. The molecule has 0 radical (unpaired) electrons. The van der Waals surface area contributed by atoms with Crippen molar-refractivity contribution in [1.82, 2.24) is 0 Å². The summed E-state index contributed by atoms with van der Waals surface area (Å²) in [5.41, 5.74) is 19.2. The third-order valence-corrected chi connectivity index (χ3v) is 13.0. The summed E-state index contributed by atoms with van der Waals surface area (Å²) in [6, 6.07) is 90.3. The van der Waals surface area contributed by atoms with Gasteiger partial charge < -0.3 is 9.32 Å². The highest BCUT2D eigenvalue weighted by Gasteiger charge is 2.46. The second kappa shape index (κ2) is 15.1. The molecule has 0 saturated carbocycles. The Morgan fingerprint density at radius 1 is 0.286 bits per heavy atom. The number of para-hydroxylation sites is 1. The summed E-state index contributed by atoms with van der Waals surface area (Å²) in [4.78, 5) is 2.35. The lowest BCUT2D eigenvalue weighted by Gasteiger charge is -2.34. The maximum Gasteiger partial charge on any atom is 0.135 e. The maximum atomic E-state index is 6.28. The third-order valence-electron chi connectivity index (χ3n) is 13.0. The van der Waals surface area contributed by atoms with E-state index in [1.165, 1.54) is 61.2 Å². The molecule has 1 aliphatic carbocycles. The number of anilines is 3. The topological polar surface area (TPSA) is 16.4 Å². The van der Waals surface area contributed by atoms with Gasteiger partial charge >= 0.3 is 0 Å². The van der Waals surface area contributed by atoms with E-state index in [2.05, 4.69) is 241 Å². The van der Waals surface area contributed by atoms with Gasteiger partial charge in [0.1, 0.15) is 11.2 Å². The number of benzene rings is 10. The van der Waals surface area contributed by atoms with Crippen molar-refractivity contribution in [3.05, 3.63) is 271 Å². The van der Waals surface area contributed by atoms with Crippen LogP contribution in [-0.4, -0.2) is 0 Å². The van der Waals surface area contributed by atoms with Gasteiger partial charge in [-0.2, -0.15) is 0 Å². The van der Waals surface area contributed by atoms with E-state index in [4.69, 9.17) is 4.42 Å². The zero-order chi connectivity index (χ0) is 41.7. The van der Waals surface area contributed by atoms with Crippen molar-refractivity contribution in [3.63, 3.8) is 0 Å². The van der Waals surface area contributed by atoms with Gasteiger partial charge in [-0.1, -0.05) is 188 Å². The Hall–Kier alpha value is -8.20. The Morgan fingerprint density at radius 2 is 0.762 bits per heavy atom. The zero-order valence-electron chi connectivity index (χ0n) is 34.5. The summed E-state index contributed by atoms with van der Waals surface area (Å²) in [6.45, 7) is 0. The van der Waals surface area contributed by atoms with Crippen molar-refractivity contribution in [3.8, 4) is 44.5 Å². The molecule has 10 aromatic carbocycles. The Labute approximate surface area is 367 Å². The first-order valence-corrected chi connectivity index (χ1v) is 21.7. The molecule has 0 fully saturated rings. The molecule has 63 heavy (non-hydrogen) atoms. The van der Waals surface area contributed by atoms with Crippen LogP contribution in [0.2, 0.25) is 0 Å². The number of fused-ring (bicyclic) bond motifs is 6. The number of furan rings is 1. The van der Waals surface area contributed by atoms with Crippen molar-refractivity contribution in [2.75, 3.05) is 4.90 Å². The molecule has 0 atom stereocenters. The summed E-state index contributed by atoms with van der Waals surface area (Å²) in [5, 5.41) is 2.20. The number of hydrogen-bond acceptors (Lipinski definition) is 2. The second-order valence-electron chi connectivity index (χ2n) is 16.4. The molecular weight excluding hydrogens is 763 g/mol. The van der Waals surface area contributed by atoms with Crippen LogP contribution in [-0.2, 0) is 5.41 Å². The lowest BCUT2D eigenvalue weighted by Crippen LogP contribution is -2.28. The van der Waals surface area contributed by atoms with E-state index in [0.29, 0.717) is 0 Å². The molecule has 0 unspecified atom stereocenters. The van der Waals surface area contributed by atoms with Gasteiger partial charge in [0.25, 0.3) is 0 Å². The summed E-state index contributed by atoms with van der Waals surface area (Å²) < 4.78 is 6.28. The van der Waals surface area contributed by atoms with Gasteiger partial charge in [-0.05, 0) is 127 Å². The molecule has 2 heteroatoms. The average molecular weight is 804 g/mol. The smallest absolute Gasteiger partial charge is 0.135 e. The molecule has 0 bridgehead atoms. The number of hydrogen-bond donors (Lipinski definition) is 0. The summed E-state index contributed by atoms with van der Waals surface area (Å²) in [7, 11) is 0. The molecule has 11 aromatic rings. The monoisotopic (exact) mass is 803 g/mol. The predicted molar refractivity (Wildman–Crippen MR) is 262 cm³/mol. The molecule has 1 aromatic heterocycles. The van der Waals surface area contributed by atoms with Crippen molar-refractivity contribution in [2.24, 2.45) is 0 Å². The van der Waals surface area contributed by atoms with E-state index < -0.39 is 5.41 Å². The Morgan fingerprint density at radius 3 is 1.43 bits per heavy atom. The minimum atomic E-state index is -0.503. The van der Waals surface area contributed by atoms with Crippen LogP contribution in [0.5, 0.6) is 0 Å². The fraction of sp³-hybridized carbons (Fsp3) is 0.0164. The van der Waals surface area contributed by atoms with Crippen LogP contribution < -0.4 is 4.90 Å². The van der Waals surface area contributed by atoms with E-state index in [1.54, 1.807) is 0 Å². The molecule has 296 valence electrons. The van der Waals surface area contributed by atoms with Crippen molar-refractivity contribution >= 4 is 39.0 Å². The number of nitrogens with zero attached hydrogens (tertiary/aromatic N) is 1. The zero-order valence-corrected chi connectivity index (χ0v) is 34.5. The molecular formula is C61H41NO. The highest BCUT2D eigenvalue weighted by Crippen LogP contribution is 2.58. The lowest BCUT2D eigenvalue weighted by molar-refractivity contribution is 0.669. The van der Waals surface area contributed by atoms with Crippen LogP contribution in [0.3, 0.4) is 0 Å². The van der Waals surface area contributed by atoms with Gasteiger partial charge in [-0.15, -0.1) is 0 Å². The van der Waals surface area contributed by atoms with E-state index in [9.17, 15) is 0 Å². The summed E-state index contributed by atoms with van der Waals surface area (Å²) >= 11 is 0. The lowest BCUT2D eigenvalue weighted by atomic mass is 9.67. The molecule has 0 amide bonds. The van der Waals surface area contributed by atoms with E-state index >= 15 is 0 Å². The van der Waals surface area contributed by atoms with E-state index in [-0.39, 0.29) is 0 Å². The van der Waals surface area contributed by atoms with Gasteiger partial charge in [-0.25, -0.2) is 0 Å². The Kier molecular flexibility index (Phi) is 8.76. The molecule has 0 N–H and O–H groups in total. The first-order chi connectivity index (χ1) is 31.2. The SMILES string of the molecule is c1ccc(-c2ccc(N(c3ccc(-c4cc5c(cc4-c4ccccc4)-c4ccccc4C5(c4ccccc4)c4ccccc4)cc3)c3ccc4oc5ccccc5c4c3)cc2)cc1. The fourth-order valence-corrected chi connectivity index (χ4v) is 10.1.